The molecule has 0 fully saturated rings. The molecule has 1 aromatic heterocycles. The van der Waals surface area contributed by atoms with Gasteiger partial charge < -0.3 is 10.4 Å². The Balaban J connectivity index is 2.98. The highest BCUT2D eigenvalue weighted by Crippen LogP contribution is 2.10. The van der Waals surface area contributed by atoms with Gasteiger partial charge in [-0.1, -0.05) is 12.1 Å². The van der Waals surface area contributed by atoms with Crippen LogP contribution in [0, 0.1) is 10.4 Å². The fraction of sp³-hybridized carbons (Fsp3) is 0.100. The molecule has 82 valence electrons. The maximum Gasteiger partial charge on any atom is 0.356 e. The van der Waals surface area contributed by atoms with Crippen LogP contribution in [0.25, 0.3) is 11.0 Å². The second-order valence-electron chi connectivity index (χ2n) is 3.18. The molecule has 0 atom stereocenters. The lowest BCUT2D eigenvalue weighted by atomic mass is 10.3. The van der Waals surface area contributed by atoms with Gasteiger partial charge in [0.05, 0.1) is 7.05 Å². The molecule has 0 aliphatic rings. The number of benzene rings is 1. The lowest BCUT2D eigenvalue weighted by molar-refractivity contribution is -0.619. The number of aromatic nitrogens is 2. The lowest BCUT2D eigenvalue weighted by Crippen LogP contribution is -2.44. The summed E-state index contributed by atoms with van der Waals surface area (Å²) in [6.45, 7) is 0. The van der Waals surface area contributed by atoms with E-state index in [1.807, 2.05) is 0 Å². The van der Waals surface area contributed by atoms with Crippen molar-refractivity contribution in [3.05, 3.63) is 40.4 Å². The van der Waals surface area contributed by atoms with E-state index in [0.717, 1.165) is 0 Å². The zero-order chi connectivity index (χ0) is 11.7. The Morgan fingerprint density at radius 2 is 1.75 bits per heavy atom. The van der Waals surface area contributed by atoms with E-state index in [4.69, 9.17) is 0 Å². The maximum atomic E-state index is 11.8. The topological polar surface area (TPSA) is 83.0 Å². The Morgan fingerprint density at radius 1 is 1.19 bits per heavy atom. The van der Waals surface area contributed by atoms with E-state index >= 15 is 0 Å². The van der Waals surface area contributed by atoms with Gasteiger partial charge in [-0.25, -0.2) is 4.73 Å². The van der Waals surface area contributed by atoms with Gasteiger partial charge in [-0.05, 0) is 6.07 Å². The van der Waals surface area contributed by atoms with Crippen LogP contribution >= 0.6 is 0 Å². The normalized spacial score (nSPS) is 10.3. The van der Waals surface area contributed by atoms with Crippen molar-refractivity contribution in [1.82, 2.24) is 0 Å². The van der Waals surface area contributed by atoms with Gasteiger partial charge in [-0.3, -0.25) is 10.1 Å². The number of aldehydes is 1. The molecule has 16 heavy (non-hydrogen) atoms. The Labute approximate surface area is 90.9 Å². The molecule has 6 nitrogen and oxygen atoms in total. The summed E-state index contributed by atoms with van der Waals surface area (Å²) in [6.07, 6.45) is 0.361. The molecule has 0 unspecified atom stereocenters. The molecule has 0 amide bonds. The smallest absolute Gasteiger partial charge is 0.356 e. The molecule has 0 saturated heterocycles. The van der Waals surface area contributed by atoms with Crippen LogP contribution in [0.5, 0.6) is 0 Å². The average Bonchev–Trinajstić information content (AvgIpc) is 2.33. The minimum atomic E-state index is -0.226. The zero-order valence-corrected chi connectivity index (χ0v) is 8.51. The van der Waals surface area contributed by atoms with Crippen molar-refractivity contribution in [2.45, 2.75) is 0 Å². The number of hydrogen-bond donors (Lipinski definition) is 1. The molecule has 6 heteroatoms. The van der Waals surface area contributed by atoms with E-state index in [9.17, 15) is 15.2 Å². The molecule has 1 aromatic carbocycles. The van der Waals surface area contributed by atoms with Crippen LogP contribution in [0.1, 0.15) is 10.5 Å². The Kier molecular flexibility index (Phi) is 2.32. The third-order valence-electron chi connectivity index (χ3n) is 2.33. The zero-order valence-electron chi connectivity index (χ0n) is 8.51. The van der Waals surface area contributed by atoms with Crippen molar-refractivity contribution in [2.75, 3.05) is 12.4 Å². The van der Waals surface area contributed by atoms with Gasteiger partial charge in [-0.15, -0.1) is 0 Å². The summed E-state index contributed by atoms with van der Waals surface area (Å²) in [7, 11) is 1.48. The molecule has 0 aliphatic carbocycles. The summed E-state index contributed by atoms with van der Waals surface area (Å²) in [6, 6.07) is 6.29. The largest absolute Gasteiger partial charge is 0.710 e. The number of anilines is 1. The van der Waals surface area contributed by atoms with Crippen molar-refractivity contribution >= 4 is 23.1 Å². The standard InChI is InChI=1S/C10H9N3O3/c1-11-10-9(6-14)12(15)7-4-2-3-5-8(7)13(10)16/h2-6,11H,1H3. The number of para-hydroxylation sites is 2. The van der Waals surface area contributed by atoms with Crippen LogP contribution in [0.2, 0.25) is 0 Å². The van der Waals surface area contributed by atoms with Crippen molar-refractivity contribution in [1.29, 1.82) is 0 Å². The quantitative estimate of drug-likeness (QED) is 0.436. The number of carbonyl (C=O) groups excluding carboxylic acids is 1. The van der Waals surface area contributed by atoms with Crippen LogP contribution in [0.4, 0.5) is 5.82 Å². The van der Waals surface area contributed by atoms with E-state index < -0.39 is 0 Å². The van der Waals surface area contributed by atoms with Crippen LogP contribution in [-0.2, 0) is 0 Å². The van der Waals surface area contributed by atoms with E-state index in [-0.39, 0.29) is 22.5 Å². The molecule has 2 aromatic rings. The highest BCUT2D eigenvalue weighted by molar-refractivity contribution is 5.79. The van der Waals surface area contributed by atoms with E-state index in [1.165, 1.54) is 19.2 Å². The van der Waals surface area contributed by atoms with E-state index in [1.54, 1.807) is 12.1 Å². The fourth-order valence-corrected chi connectivity index (χ4v) is 1.59. The number of fused-ring (bicyclic) bond motifs is 1. The van der Waals surface area contributed by atoms with Gasteiger partial charge >= 0.3 is 11.5 Å². The molecule has 2 rings (SSSR count). The van der Waals surface area contributed by atoms with Crippen LogP contribution in [-0.4, -0.2) is 13.3 Å². The fourth-order valence-electron chi connectivity index (χ4n) is 1.59. The molecule has 0 aliphatic heterocycles. The van der Waals surface area contributed by atoms with Crippen molar-refractivity contribution in [3.8, 4) is 0 Å². The third-order valence-corrected chi connectivity index (χ3v) is 2.33. The lowest BCUT2D eigenvalue weighted by Gasteiger charge is -2.12. The third kappa shape index (κ3) is 1.23. The summed E-state index contributed by atoms with van der Waals surface area (Å²) in [5.74, 6) is -0.0521. The molecule has 1 heterocycles. The van der Waals surface area contributed by atoms with Crippen LogP contribution in [0.15, 0.2) is 24.3 Å². The Morgan fingerprint density at radius 3 is 2.25 bits per heavy atom. The monoisotopic (exact) mass is 219 g/mol. The minimum Gasteiger partial charge on any atom is -0.710 e. The van der Waals surface area contributed by atoms with Crippen molar-refractivity contribution in [3.63, 3.8) is 0 Å². The Hall–Kier alpha value is -2.37. The first-order chi connectivity index (χ1) is 7.70. The van der Waals surface area contributed by atoms with E-state index in [0.29, 0.717) is 15.7 Å². The first kappa shape index (κ1) is 10.2. The molecule has 0 spiro atoms. The average molecular weight is 219 g/mol. The summed E-state index contributed by atoms with van der Waals surface area (Å²) >= 11 is 0. The number of nitrogens with zero attached hydrogens (tertiary/aromatic N) is 2. The maximum absolute atomic E-state index is 11.8. The van der Waals surface area contributed by atoms with Crippen molar-refractivity contribution < 1.29 is 14.3 Å². The summed E-state index contributed by atoms with van der Waals surface area (Å²) in [5, 5.41) is 26.2. The van der Waals surface area contributed by atoms with Gasteiger partial charge in [-0.2, -0.15) is 4.73 Å². The molecular formula is C10H9N3O3. The van der Waals surface area contributed by atoms with Gasteiger partial charge in [0.15, 0.2) is 0 Å². The second kappa shape index (κ2) is 3.65. The van der Waals surface area contributed by atoms with Crippen molar-refractivity contribution in [2.24, 2.45) is 0 Å². The molecular weight excluding hydrogens is 210 g/mol. The molecule has 0 saturated carbocycles. The number of nitrogens with one attached hydrogen (secondary N) is 1. The van der Waals surface area contributed by atoms with Crippen LogP contribution < -0.4 is 14.8 Å². The van der Waals surface area contributed by atoms with Gasteiger partial charge in [0.1, 0.15) is 0 Å². The predicted octanol–water partition coefficient (Wildman–Crippen LogP) is -0.0392. The highest BCUT2D eigenvalue weighted by atomic mass is 16.5. The van der Waals surface area contributed by atoms with Crippen LogP contribution in [0.3, 0.4) is 0 Å². The summed E-state index contributed by atoms with van der Waals surface area (Å²) < 4.78 is 0.982. The summed E-state index contributed by atoms with van der Waals surface area (Å²) in [5.41, 5.74) is 0.155. The predicted molar refractivity (Wildman–Crippen MR) is 56.8 cm³/mol. The first-order valence-corrected chi connectivity index (χ1v) is 4.61. The highest BCUT2D eigenvalue weighted by Gasteiger charge is 2.24. The van der Waals surface area contributed by atoms with E-state index in [2.05, 4.69) is 5.32 Å². The van der Waals surface area contributed by atoms with Gasteiger partial charge in [0.2, 0.25) is 11.8 Å². The first-order valence-electron chi connectivity index (χ1n) is 4.61. The number of carbonyl (C=O) groups is 1. The SMILES string of the molecule is CNc1c(C=O)[n+]([O-])c2ccccc2[n+]1[O-]. The molecule has 0 bridgehead atoms. The molecule has 0 radical (unpaired) electrons. The minimum absolute atomic E-state index is 0.0521. The Bertz CT molecular complexity index is 569. The number of rotatable bonds is 2. The van der Waals surface area contributed by atoms with Gasteiger partial charge in [0.25, 0.3) is 5.52 Å². The number of hydrogen-bond acceptors (Lipinski definition) is 4. The second-order valence-corrected chi connectivity index (χ2v) is 3.18. The molecule has 1 N–H and O–H groups in total. The summed E-state index contributed by atoms with van der Waals surface area (Å²) in [4.78, 5) is 10.8. The van der Waals surface area contributed by atoms with Gasteiger partial charge in [0, 0.05) is 6.07 Å².